The second kappa shape index (κ2) is 7.70. The van der Waals surface area contributed by atoms with Crippen LogP contribution in [0.4, 0.5) is 9.18 Å². The van der Waals surface area contributed by atoms with Crippen LogP contribution in [0.3, 0.4) is 0 Å². The van der Waals surface area contributed by atoms with Crippen LogP contribution in [0.25, 0.3) is 5.69 Å². The molecule has 2 aliphatic rings. The monoisotopic (exact) mass is 415 g/mol. The molecule has 0 aliphatic carbocycles. The van der Waals surface area contributed by atoms with Crippen molar-refractivity contribution >= 4 is 12.0 Å². The number of hydrogen-bond acceptors (Lipinski definition) is 5. The van der Waals surface area contributed by atoms with E-state index in [9.17, 15) is 14.0 Å². The van der Waals surface area contributed by atoms with E-state index in [0.717, 1.165) is 6.42 Å². The van der Waals surface area contributed by atoms with Gasteiger partial charge in [0.15, 0.2) is 0 Å². The molecule has 0 unspecified atom stereocenters. The molecule has 8 nitrogen and oxygen atoms in total. The Hall–Kier alpha value is -2.97. The standard InChI is InChI=1S/C21H26FN5O3/c1-21(2,3)30-20(29)26-11-14-6-9-25(12-15(14)13-26)19(28)17-10-16(22)4-5-18(17)27-23-7-8-24-27/h4-5,7-8,10,14-15H,6,9,11-13H2,1-3H3/t14-,15+/m0/s1. The topological polar surface area (TPSA) is 80.6 Å². The average Bonchev–Trinajstić information content (AvgIpc) is 3.35. The van der Waals surface area contributed by atoms with E-state index in [4.69, 9.17) is 4.74 Å². The Labute approximate surface area is 174 Å². The molecule has 2 amide bonds. The number of ether oxygens (including phenoxy) is 1. The van der Waals surface area contributed by atoms with Gasteiger partial charge in [-0.25, -0.2) is 9.18 Å². The number of nitrogens with zero attached hydrogens (tertiary/aromatic N) is 5. The van der Waals surface area contributed by atoms with Crippen molar-refractivity contribution in [2.24, 2.45) is 11.8 Å². The van der Waals surface area contributed by atoms with Gasteiger partial charge in [-0.05, 0) is 57.2 Å². The summed E-state index contributed by atoms with van der Waals surface area (Å²) in [4.78, 5) is 30.5. The zero-order valence-electron chi connectivity index (χ0n) is 17.4. The first-order valence-corrected chi connectivity index (χ1v) is 10.1. The number of carbonyl (C=O) groups is 2. The van der Waals surface area contributed by atoms with E-state index in [1.807, 2.05) is 20.8 Å². The van der Waals surface area contributed by atoms with Crippen LogP contribution in [-0.2, 0) is 4.74 Å². The molecule has 4 rings (SSSR count). The Morgan fingerprint density at radius 3 is 2.43 bits per heavy atom. The molecular weight excluding hydrogens is 389 g/mol. The predicted molar refractivity (Wildman–Crippen MR) is 107 cm³/mol. The first-order valence-electron chi connectivity index (χ1n) is 10.1. The molecular formula is C21H26FN5O3. The van der Waals surface area contributed by atoms with E-state index in [0.29, 0.717) is 37.8 Å². The highest BCUT2D eigenvalue weighted by molar-refractivity contribution is 5.97. The number of rotatable bonds is 2. The van der Waals surface area contributed by atoms with E-state index in [-0.39, 0.29) is 23.5 Å². The molecule has 9 heteroatoms. The van der Waals surface area contributed by atoms with Crippen LogP contribution in [0, 0.1) is 17.7 Å². The lowest BCUT2D eigenvalue weighted by Crippen LogP contribution is -2.43. The maximum Gasteiger partial charge on any atom is 0.410 e. The van der Waals surface area contributed by atoms with Gasteiger partial charge in [0.25, 0.3) is 5.91 Å². The molecule has 2 saturated heterocycles. The number of halogens is 1. The molecule has 0 spiro atoms. The molecule has 0 radical (unpaired) electrons. The van der Waals surface area contributed by atoms with Gasteiger partial charge < -0.3 is 14.5 Å². The number of aromatic nitrogens is 3. The minimum Gasteiger partial charge on any atom is -0.444 e. The largest absolute Gasteiger partial charge is 0.444 e. The zero-order valence-corrected chi connectivity index (χ0v) is 17.4. The van der Waals surface area contributed by atoms with Gasteiger partial charge in [-0.3, -0.25) is 4.79 Å². The summed E-state index contributed by atoms with van der Waals surface area (Å²) in [7, 11) is 0. The van der Waals surface area contributed by atoms with Gasteiger partial charge in [0.05, 0.1) is 23.6 Å². The van der Waals surface area contributed by atoms with E-state index in [1.54, 1.807) is 9.80 Å². The third-order valence-corrected chi connectivity index (χ3v) is 5.56. The number of likely N-dealkylation sites (tertiary alicyclic amines) is 2. The molecule has 1 aromatic heterocycles. The fourth-order valence-corrected chi connectivity index (χ4v) is 4.19. The smallest absolute Gasteiger partial charge is 0.410 e. The van der Waals surface area contributed by atoms with Gasteiger partial charge in [0.2, 0.25) is 0 Å². The molecule has 2 aromatic rings. The Balaban J connectivity index is 1.48. The number of carbonyl (C=O) groups excluding carboxylic acids is 2. The fraction of sp³-hybridized carbons (Fsp3) is 0.524. The van der Waals surface area contributed by atoms with Crippen LogP contribution in [-0.4, -0.2) is 68.6 Å². The van der Waals surface area contributed by atoms with Crippen LogP contribution >= 0.6 is 0 Å². The highest BCUT2D eigenvalue weighted by Crippen LogP contribution is 2.33. The third-order valence-electron chi connectivity index (χ3n) is 5.56. The van der Waals surface area contributed by atoms with Crippen molar-refractivity contribution in [3.8, 4) is 5.69 Å². The normalized spacial score (nSPS) is 21.5. The molecule has 3 heterocycles. The van der Waals surface area contributed by atoms with Gasteiger partial charge >= 0.3 is 6.09 Å². The van der Waals surface area contributed by atoms with Crippen molar-refractivity contribution in [2.45, 2.75) is 32.8 Å². The maximum absolute atomic E-state index is 13.9. The van der Waals surface area contributed by atoms with Crippen LogP contribution < -0.4 is 0 Å². The van der Waals surface area contributed by atoms with Gasteiger partial charge in [-0.2, -0.15) is 15.0 Å². The van der Waals surface area contributed by atoms with Gasteiger partial charge in [-0.1, -0.05) is 0 Å². The third kappa shape index (κ3) is 4.15. The Bertz CT molecular complexity index is 941. The van der Waals surface area contributed by atoms with E-state index in [1.165, 1.54) is 35.4 Å². The van der Waals surface area contributed by atoms with Crippen LogP contribution in [0.1, 0.15) is 37.6 Å². The average molecular weight is 415 g/mol. The van der Waals surface area contributed by atoms with Gasteiger partial charge in [0.1, 0.15) is 11.4 Å². The number of hydrogen-bond donors (Lipinski definition) is 0. The van der Waals surface area contributed by atoms with E-state index in [2.05, 4.69) is 10.2 Å². The highest BCUT2D eigenvalue weighted by Gasteiger charge is 2.41. The fourth-order valence-electron chi connectivity index (χ4n) is 4.19. The van der Waals surface area contributed by atoms with Crippen LogP contribution in [0.2, 0.25) is 0 Å². The van der Waals surface area contributed by atoms with Crippen molar-refractivity contribution in [1.29, 1.82) is 0 Å². The molecule has 0 N–H and O–H groups in total. The van der Waals surface area contributed by atoms with E-state index >= 15 is 0 Å². The van der Waals surface area contributed by atoms with Crippen molar-refractivity contribution in [2.75, 3.05) is 26.2 Å². The summed E-state index contributed by atoms with van der Waals surface area (Å²) in [5.41, 5.74) is 0.128. The molecule has 160 valence electrons. The van der Waals surface area contributed by atoms with Crippen LogP contribution in [0.5, 0.6) is 0 Å². The minimum atomic E-state index is -0.541. The SMILES string of the molecule is CC(C)(C)OC(=O)N1C[C@@H]2CCN(C(=O)c3cc(F)ccc3-n3nccn3)C[C@@H]2C1. The number of piperidine rings is 1. The maximum atomic E-state index is 13.9. The minimum absolute atomic E-state index is 0.176. The molecule has 2 aliphatic heterocycles. The lowest BCUT2D eigenvalue weighted by atomic mass is 9.88. The summed E-state index contributed by atoms with van der Waals surface area (Å²) in [6.45, 7) is 7.82. The number of fused-ring (bicyclic) bond motifs is 1. The number of benzene rings is 1. The second-order valence-corrected chi connectivity index (χ2v) is 8.93. The first-order chi connectivity index (χ1) is 14.2. The zero-order chi connectivity index (χ0) is 21.5. The van der Waals surface area contributed by atoms with Crippen molar-refractivity contribution in [3.63, 3.8) is 0 Å². The summed E-state index contributed by atoms with van der Waals surface area (Å²) >= 11 is 0. The highest BCUT2D eigenvalue weighted by atomic mass is 19.1. The van der Waals surface area contributed by atoms with Crippen molar-refractivity contribution in [1.82, 2.24) is 24.8 Å². The molecule has 2 fully saturated rings. The molecule has 2 atom stereocenters. The summed E-state index contributed by atoms with van der Waals surface area (Å²) in [6.07, 6.45) is 3.49. The predicted octanol–water partition coefficient (Wildman–Crippen LogP) is 2.74. The summed E-state index contributed by atoms with van der Waals surface area (Å²) < 4.78 is 19.4. The second-order valence-electron chi connectivity index (χ2n) is 8.93. The Morgan fingerprint density at radius 2 is 1.73 bits per heavy atom. The Kier molecular flexibility index (Phi) is 5.21. The van der Waals surface area contributed by atoms with Crippen molar-refractivity contribution in [3.05, 3.63) is 42.0 Å². The summed E-state index contributed by atoms with van der Waals surface area (Å²) in [5.74, 6) is -0.228. The van der Waals surface area contributed by atoms with Gasteiger partial charge in [0, 0.05) is 26.2 Å². The summed E-state index contributed by atoms with van der Waals surface area (Å²) in [6, 6.07) is 4.03. The quantitative estimate of drug-likeness (QED) is 0.754. The van der Waals surface area contributed by atoms with Crippen LogP contribution in [0.15, 0.2) is 30.6 Å². The van der Waals surface area contributed by atoms with E-state index < -0.39 is 11.4 Å². The van der Waals surface area contributed by atoms with Crippen molar-refractivity contribution < 1.29 is 18.7 Å². The van der Waals surface area contributed by atoms with Gasteiger partial charge in [-0.15, -0.1) is 0 Å². The first kappa shape index (κ1) is 20.3. The molecule has 0 bridgehead atoms. The molecule has 0 saturated carbocycles. The lowest BCUT2D eigenvalue weighted by molar-refractivity contribution is 0.0284. The molecule has 1 aromatic carbocycles. The Morgan fingerprint density at radius 1 is 1.07 bits per heavy atom. The summed E-state index contributed by atoms with van der Waals surface area (Å²) in [5, 5.41) is 8.14. The lowest BCUT2D eigenvalue weighted by Gasteiger charge is -2.34. The number of amides is 2. The molecule has 30 heavy (non-hydrogen) atoms.